The molecule has 0 saturated carbocycles. The number of ether oxygens (including phenoxy) is 1. The van der Waals surface area contributed by atoms with Crippen molar-refractivity contribution >= 4 is 23.2 Å². The molecule has 2 amide bonds. The Kier molecular flexibility index (Phi) is 6.28. The Morgan fingerprint density at radius 3 is 2.96 bits per heavy atom. The van der Waals surface area contributed by atoms with Crippen molar-refractivity contribution in [1.82, 2.24) is 10.2 Å². The van der Waals surface area contributed by atoms with Crippen LogP contribution in [0.15, 0.2) is 41.8 Å². The van der Waals surface area contributed by atoms with Crippen LogP contribution >= 0.6 is 11.3 Å². The molecule has 0 radical (unpaired) electrons. The van der Waals surface area contributed by atoms with Gasteiger partial charge in [-0.05, 0) is 55.3 Å². The summed E-state index contributed by atoms with van der Waals surface area (Å²) in [5.74, 6) is 0.739. The number of thiophene rings is 1. The standard InChI is InChI=1S/C20H24N2O3S/c1-15-6-2-7-16(14-15)25-12-5-10-21-19(23)17-8-3-11-22(17)20(24)18-9-4-13-26-18/h2,4,6-7,9,13-14,17H,3,5,8,10-12H2,1H3,(H,21,23)/t17-/m1/s1. The van der Waals surface area contributed by atoms with Gasteiger partial charge in [0.2, 0.25) is 5.91 Å². The lowest BCUT2D eigenvalue weighted by Gasteiger charge is -2.23. The van der Waals surface area contributed by atoms with Crippen molar-refractivity contribution in [1.29, 1.82) is 0 Å². The van der Waals surface area contributed by atoms with Gasteiger partial charge < -0.3 is 15.0 Å². The molecule has 3 rings (SSSR count). The summed E-state index contributed by atoms with van der Waals surface area (Å²) in [6, 6.07) is 11.2. The van der Waals surface area contributed by atoms with E-state index in [4.69, 9.17) is 4.74 Å². The van der Waals surface area contributed by atoms with Crippen molar-refractivity contribution in [2.75, 3.05) is 19.7 Å². The van der Waals surface area contributed by atoms with E-state index in [1.807, 2.05) is 48.7 Å². The van der Waals surface area contributed by atoms with Crippen molar-refractivity contribution in [2.24, 2.45) is 0 Å². The van der Waals surface area contributed by atoms with Crippen LogP contribution < -0.4 is 10.1 Å². The monoisotopic (exact) mass is 372 g/mol. The summed E-state index contributed by atoms with van der Waals surface area (Å²) >= 11 is 1.42. The Morgan fingerprint density at radius 1 is 1.31 bits per heavy atom. The Labute approximate surface area is 158 Å². The molecule has 1 aliphatic heterocycles. The molecule has 0 bridgehead atoms. The van der Waals surface area contributed by atoms with E-state index in [0.717, 1.165) is 30.6 Å². The summed E-state index contributed by atoms with van der Waals surface area (Å²) < 4.78 is 5.69. The van der Waals surface area contributed by atoms with Gasteiger partial charge in [-0.1, -0.05) is 18.2 Å². The van der Waals surface area contributed by atoms with E-state index in [1.54, 1.807) is 4.90 Å². The highest BCUT2D eigenvalue weighted by atomic mass is 32.1. The van der Waals surface area contributed by atoms with Gasteiger partial charge in [0.05, 0.1) is 11.5 Å². The van der Waals surface area contributed by atoms with Gasteiger partial charge >= 0.3 is 0 Å². The van der Waals surface area contributed by atoms with Crippen LogP contribution in [0.1, 0.15) is 34.5 Å². The van der Waals surface area contributed by atoms with Crippen LogP contribution in [0.3, 0.4) is 0 Å². The summed E-state index contributed by atoms with van der Waals surface area (Å²) in [4.78, 5) is 27.4. The van der Waals surface area contributed by atoms with Gasteiger partial charge in [0.1, 0.15) is 11.8 Å². The van der Waals surface area contributed by atoms with Crippen LogP contribution in [-0.2, 0) is 4.79 Å². The molecule has 2 aromatic rings. The first-order valence-corrected chi connectivity index (χ1v) is 9.85. The average molecular weight is 372 g/mol. The summed E-state index contributed by atoms with van der Waals surface area (Å²) in [5.41, 5.74) is 1.16. The number of likely N-dealkylation sites (tertiary alicyclic amines) is 1. The number of nitrogens with zero attached hydrogens (tertiary/aromatic N) is 1. The maximum Gasteiger partial charge on any atom is 0.264 e. The van der Waals surface area contributed by atoms with Crippen LogP contribution in [0.4, 0.5) is 0 Å². The Bertz CT molecular complexity index is 745. The molecule has 26 heavy (non-hydrogen) atoms. The number of hydrogen-bond donors (Lipinski definition) is 1. The molecule has 6 heteroatoms. The first kappa shape index (κ1) is 18.5. The fourth-order valence-corrected chi connectivity index (χ4v) is 3.80. The summed E-state index contributed by atoms with van der Waals surface area (Å²) in [5, 5.41) is 4.82. The van der Waals surface area contributed by atoms with E-state index in [9.17, 15) is 9.59 Å². The van der Waals surface area contributed by atoms with E-state index in [0.29, 0.717) is 24.6 Å². The molecule has 1 fully saturated rings. The lowest BCUT2D eigenvalue weighted by Crippen LogP contribution is -2.46. The van der Waals surface area contributed by atoms with E-state index in [-0.39, 0.29) is 17.9 Å². The maximum absolute atomic E-state index is 12.5. The van der Waals surface area contributed by atoms with E-state index in [1.165, 1.54) is 11.3 Å². The van der Waals surface area contributed by atoms with Crippen LogP contribution in [-0.4, -0.2) is 42.5 Å². The number of carbonyl (C=O) groups is 2. The minimum atomic E-state index is -0.359. The predicted molar refractivity (Wildman–Crippen MR) is 103 cm³/mol. The Balaban J connectivity index is 1.42. The normalized spacial score (nSPS) is 16.5. The van der Waals surface area contributed by atoms with Crippen LogP contribution in [0.5, 0.6) is 5.75 Å². The fourth-order valence-electron chi connectivity index (χ4n) is 3.12. The lowest BCUT2D eigenvalue weighted by molar-refractivity contribution is -0.124. The minimum Gasteiger partial charge on any atom is -0.494 e. The topological polar surface area (TPSA) is 58.6 Å². The number of hydrogen-bond acceptors (Lipinski definition) is 4. The SMILES string of the molecule is Cc1cccc(OCCCNC(=O)[C@H]2CCCN2C(=O)c2cccs2)c1. The summed E-state index contributed by atoms with van der Waals surface area (Å²) in [6.07, 6.45) is 2.32. The van der Waals surface area contributed by atoms with Gasteiger partial charge in [-0.3, -0.25) is 9.59 Å². The molecule has 1 N–H and O–H groups in total. The van der Waals surface area contributed by atoms with E-state index >= 15 is 0 Å². The van der Waals surface area contributed by atoms with Gasteiger partial charge in [0.25, 0.3) is 5.91 Å². The van der Waals surface area contributed by atoms with Crippen LogP contribution in [0, 0.1) is 6.92 Å². The molecule has 1 aromatic heterocycles. The molecule has 0 aliphatic carbocycles. The second-order valence-corrected chi connectivity index (χ2v) is 7.39. The summed E-state index contributed by atoms with van der Waals surface area (Å²) in [6.45, 7) is 3.76. The molecule has 138 valence electrons. The zero-order valence-electron chi connectivity index (χ0n) is 14.9. The minimum absolute atomic E-state index is 0.0413. The van der Waals surface area contributed by atoms with Gasteiger partial charge in [0, 0.05) is 13.1 Å². The third kappa shape index (κ3) is 4.64. The number of benzene rings is 1. The van der Waals surface area contributed by atoms with Crippen LogP contribution in [0.25, 0.3) is 0 Å². The zero-order valence-corrected chi connectivity index (χ0v) is 15.8. The number of nitrogens with one attached hydrogen (secondary N) is 1. The molecule has 0 unspecified atom stereocenters. The van der Waals surface area contributed by atoms with Crippen molar-refractivity contribution in [3.63, 3.8) is 0 Å². The molecule has 1 saturated heterocycles. The third-order valence-corrected chi connectivity index (χ3v) is 5.28. The molecule has 0 spiro atoms. The van der Waals surface area contributed by atoms with Gasteiger partial charge in [-0.25, -0.2) is 0 Å². The number of rotatable bonds is 7. The van der Waals surface area contributed by atoms with Crippen molar-refractivity contribution < 1.29 is 14.3 Å². The summed E-state index contributed by atoms with van der Waals surface area (Å²) in [7, 11) is 0. The Morgan fingerprint density at radius 2 is 2.19 bits per heavy atom. The quantitative estimate of drug-likeness (QED) is 0.759. The largest absolute Gasteiger partial charge is 0.494 e. The van der Waals surface area contributed by atoms with Gasteiger partial charge in [-0.15, -0.1) is 11.3 Å². The fraction of sp³-hybridized carbons (Fsp3) is 0.400. The van der Waals surface area contributed by atoms with Crippen molar-refractivity contribution in [3.05, 3.63) is 52.2 Å². The number of carbonyl (C=O) groups excluding carboxylic acids is 2. The second-order valence-electron chi connectivity index (χ2n) is 6.44. The smallest absolute Gasteiger partial charge is 0.264 e. The van der Waals surface area contributed by atoms with Crippen molar-refractivity contribution in [2.45, 2.75) is 32.2 Å². The molecular formula is C20H24N2O3S. The highest BCUT2D eigenvalue weighted by Gasteiger charge is 2.34. The molecular weight excluding hydrogens is 348 g/mol. The molecule has 1 atom stereocenters. The average Bonchev–Trinajstić information content (AvgIpc) is 3.32. The second kappa shape index (κ2) is 8.85. The van der Waals surface area contributed by atoms with E-state index < -0.39 is 0 Å². The van der Waals surface area contributed by atoms with Gasteiger partial charge in [0.15, 0.2) is 0 Å². The zero-order chi connectivity index (χ0) is 18.4. The van der Waals surface area contributed by atoms with E-state index in [2.05, 4.69) is 5.32 Å². The first-order valence-electron chi connectivity index (χ1n) is 8.97. The predicted octanol–water partition coefficient (Wildman–Crippen LogP) is 3.25. The highest BCUT2D eigenvalue weighted by Crippen LogP contribution is 2.22. The highest BCUT2D eigenvalue weighted by molar-refractivity contribution is 7.12. The van der Waals surface area contributed by atoms with Gasteiger partial charge in [-0.2, -0.15) is 0 Å². The number of amides is 2. The van der Waals surface area contributed by atoms with Crippen molar-refractivity contribution in [3.8, 4) is 5.75 Å². The molecule has 1 aliphatic rings. The Hall–Kier alpha value is -2.34. The number of aryl methyl sites for hydroxylation is 1. The maximum atomic E-state index is 12.5. The molecule has 1 aromatic carbocycles. The molecule has 5 nitrogen and oxygen atoms in total. The van der Waals surface area contributed by atoms with Crippen LogP contribution in [0.2, 0.25) is 0 Å². The third-order valence-electron chi connectivity index (χ3n) is 4.43. The first-order chi connectivity index (χ1) is 12.6. The lowest BCUT2D eigenvalue weighted by atomic mass is 10.2. The molecule has 2 heterocycles.